The molecule has 6 nitrogen and oxygen atoms in total. The van der Waals surface area contributed by atoms with Crippen molar-refractivity contribution in [1.82, 2.24) is 25.0 Å². The lowest BCUT2D eigenvalue weighted by molar-refractivity contribution is 0.0710. The lowest BCUT2D eigenvalue weighted by Crippen LogP contribution is -2.39. The van der Waals surface area contributed by atoms with E-state index in [0.717, 1.165) is 69.2 Å². The number of likely N-dealkylation sites (tertiary alicyclic amines) is 1. The summed E-state index contributed by atoms with van der Waals surface area (Å²) in [5.41, 5.74) is 6.00. The Bertz CT molecular complexity index is 1130. The number of nitrogens with zero attached hydrogens (tertiary/aromatic N) is 4. The molecule has 1 aliphatic carbocycles. The molecule has 160 valence electrons. The van der Waals surface area contributed by atoms with Crippen LogP contribution in [0.2, 0.25) is 0 Å². The lowest BCUT2D eigenvalue weighted by atomic mass is 9.95. The molecule has 1 amide bonds. The molecule has 1 aromatic heterocycles. The predicted molar refractivity (Wildman–Crippen MR) is 122 cm³/mol. The van der Waals surface area contributed by atoms with Crippen LogP contribution >= 0.6 is 12.4 Å². The maximum Gasteiger partial charge on any atom is 0.253 e. The normalized spacial score (nSPS) is 17.5. The highest BCUT2D eigenvalue weighted by Gasteiger charge is 2.29. The molecular weight excluding hydrogens is 410 g/mol. The fourth-order valence-electron chi connectivity index (χ4n) is 5.22. The molecule has 31 heavy (non-hydrogen) atoms. The smallest absolute Gasteiger partial charge is 0.253 e. The number of hydrogen-bond donors (Lipinski definition) is 1. The van der Waals surface area contributed by atoms with Crippen molar-refractivity contribution in [3.05, 3.63) is 70.8 Å². The number of carbonyl (C=O) groups excluding carboxylic acids is 1. The van der Waals surface area contributed by atoms with Crippen LogP contribution in [-0.4, -0.2) is 45.2 Å². The summed E-state index contributed by atoms with van der Waals surface area (Å²) in [6, 6.07) is 14.7. The number of carbonyl (C=O) groups is 1. The van der Waals surface area contributed by atoms with Gasteiger partial charge in [0.2, 0.25) is 0 Å². The summed E-state index contributed by atoms with van der Waals surface area (Å²) in [7, 11) is 0. The van der Waals surface area contributed by atoms with Gasteiger partial charge in [-0.2, -0.15) is 0 Å². The Morgan fingerprint density at radius 1 is 0.968 bits per heavy atom. The van der Waals surface area contributed by atoms with Crippen molar-refractivity contribution in [2.75, 3.05) is 19.6 Å². The molecule has 3 heterocycles. The van der Waals surface area contributed by atoms with Crippen molar-refractivity contribution < 1.29 is 4.79 Å². The van der Waals surface area contributed by atoms with Gasteiger partial charge in [-0.25, -0.2) is 0 Å². The molecular formula is C24H26ClN5O. The van der Waals surface area contributed by atoms with Crippen molar-refractivity contribution >= 4 is 18.3 Å². The molecule has 6 rings (SSSR count). The number of piperidine rings is 1. The monoisotopic (exact) mass is 435 g/mol. The number of hydrogen-bond acceptors (Lipinski definition) is 4. The van der Waals surface area contributed by atoms with E-state index < -0.39 is 0 Å². The van der Waals surface area contributed by atoms with E-state index >= 15 is 0 Å². The zero-order valence-corrected chi connectivity index (χ0v) is 18.2. The molecule has 3 aromatic rings. The van der Waals surface area contributed by atoms with Crippen LogP contribution in [0.15, 0.2) is 42.5 Å². The number of rotatable bonds is 2. The largest absolute Gasteiger partial charge is 0.339 e. The molecule has 0 radical (unpaired) electrons. The van der Waals surface area contributed by atoms with Gasteiger partial charge in [0.25, 0.3) is 5.91 Å². The van der Waals surface area contributed by atoms with E-state index in [-0.39, 0.29) is 18.3 Å². The Kier molecular flexibility index (Phi) is 5.28. The maximum atomic E-state index is 13.2. The quantitative estimate of drug-likeness (QED) is 0.524. The first-order valence-corrected chi connectivity index (χ1v) is 10.9. The van der Waals surface area contributed by atoms with E-state index in [1.807, 2.05) is 11.0 Å². The average Bonchev–Trinajstić information content (AvgIpc) is 3.40. The predicted octanol–water partition coefficient (Wildman–Crippen LogP) is 3.39. The van der Waals surface area contributed by atoms with Gasteiger partial charge in [0.15, 0.2) is 0 Å². The number of aromatic nitrogens is 3. The second-order valence-corrected chi connectivity index (χ2v) is 8.58. The lowest BCUT2D eigenvalue weighted by Gasteiger charge is -2.32. The summed E-state index contributed by atoms with van der Waals surface area (Å²) >= 11 is 0. The Balaban J connectivity index is 0.00000204. The van der Waals surface area contributed by atoms with Crippen LogP contribution in [0.1, 0.15) is 51.9 Å². The van der Waals surface area contributed by atoms with Crippen molar-refractivity contribution in [3.8, 4) is 11.1 Å². The van der Waals surface area contributed by atoms with Crippen molar-refractivity contribution in [2.45, 2.75) is 38.3 Å². The van der Waals surface area contributed by atoms with Gasteiger partial charge in [0.1, 0.15) is 11.6 Å². The van der Waals surface area contributed by atoms with E-state index in [4.69, 9.17) is 0 Å². The first-order chi connectivity index (χ1) is 14.8. The van der Waals surface area contributed by atoms with Gasteiger partial charge in [-0.3, -0.25) is 4.79 Å². The third-order valence-electron chi connectivity index (χ3n) is 6.84. The van der Waals surface area contributed by atoms with Crippen LogP contribution in [-0.2, 0) is 19.5 Å². The second-order valence-electron chi connectivity index (χ2n) is 8.58. The molecule has 0 spiro atoms. The highest BCUT2D eigenvalue weighted by atomic mass is 35.5. The third-order valence-corrected chi connectivity index (χ3v) is 6.84. The summed E-state index contributed by atoms with van der Waals surface area (Å²) in [5, 5.41) is 12.2. The van der Waals surface area contributed by atoms with E-state index in [0.29, 0.717) is 5.92 Å². The number of amides is 1. The molecule has 2 aromatic carbocycles. The van der Waals surface area contributed by atoms with Gasteiger partial charge in [-0.1, -0.05) is 30.3 Å². The van der Waals surface area contributed by atoms with Crippen molar-refractivity contribution in [3.63, 3.8) is 0 Å². The Labute approximate surface area is 188 Å². The number of fused-ring (bicyclic) bond motifs is 4. The van der Waals surface area contributed by atoms with Crippen LogP contribution < -0.4 is 5.32 Å². The zero-order valence-electron chi connectivity index (χ0n) is 17.4. The average molecular weight is 436 g/mol. The Morgan fingerprint density at radius 2 is 1.77 bits per heavy atom. The molecule has 3 aliphatic rings. The summed E-state index contributed by atoms with van der Waals surface area (Å²) in [6.45, 7) is 4.26. The first-order valence-electron chi connectivity index (χ1n) is 10.9. The van der Waals surface area contributed by atoms with Crippen LogP contribution in [0.3, 0.4) is 0 Å². The van der Waals surface area contributed by atoms with Gasteiger partial charge in [-0.05, 0) is 53.6 Å². The Morgan fingerprint density at radius 3 is 2.65 bits per heavy atom. The standard InChI is InChI=1S/C24H25N5O.ClH/c30-24(18-5-6-21-19(14-18)13-17-3-1-2-4-20(17)21)28-10-7-16(8-11-28)23-27-26-22-15-25-9-12-29(22)23;/h1-6,14,16,25H,7-13,15H2;1H. The summed E-state index contributed by atoms with van der Waals surface area (Å²) in [6.07, 6.45) is 2.82. The molecule has 1 fully saturated rings. The SMILES string of the molecule is Cl.O=C(c1ccc2c(c1)Cc1ccccc1-2)N1CCC(c2nnc3n2CCNC3)CC1. The zero-order chi connectivity index (χ0) is 20.1. The van der Waals surface area contributed by atoms with Gasteiger partial charge >= 0.3 is 0 Å². The van der Waals surface area contributed by atoms with E-state index in [1.54, 1.807) is 0 Å². The minimum absolute atomic E-state index is 0. The second kappa shape index (κ2) is 8.09. The molecule has 0 saturated carbocycles. The van der Waals surface area contributed by atoms with Crippen LogP contribution in [0.4, 0.5) is 0 Å². The molecule has 0 bridgehead atoms. The molecule has 7 heteroatoms. The minimum atomic E-state index is 0. The highest BCUT2D eigenvalue weighted by Crippen LogP contribution is 2.37. The van der Waals surface area contributed by atoms with Gasteiger partial charge < -0.3 is 14.8 Å². The topological polar surface area (TPSA) is 63.1 Å². The van der Waals surface area contributed by atoms with E-state index in [9.17, 15) is 4.79 Å². The highest BCUT2D eigenvalue weighted by molar-refractivity contribution is 5.95. The first kappa shape index (κ1) is 20.2. The van der Waals surface area contributed by atoms with Crippen molar-refractivity contribution in [2.24, 2.45) is 0 Å². The molecule has 0 unspecified atom stereocenters. The van der Waals surface area contributed by atoms with Gasteiger partial charge in [-0.15, -0.1) is 22.6 Å². The van der Waals surface area contributed by atoms with Crippen LogP contribution in [0.5, 0.6) is 0 Å². The third kappa shape index (κ3) is 3.44. The fourth-order valence-corrected chi connectivity index (χ4v) is 5.22. The van der Waals surface area contributed by atoms with Gasteiger partial charge in [0.05, 0.1) is 6.54 Å². The molecule has 0 atom stereocenters. The summed E-state index contributed by atoms with van der Waals surface area (Å²) < 4.78 is 2.27. The molecule has 2 aliphatic heterocycles. The van der Waals surface area contributed by atoms with Gasteiger partial charge in [0, 0.05) is 37.7 Å². The fraction of sp³-hybridized carbons (Fsp3) is 0.375. The van der Waals surface area contributed by atoms with E-state index in [2.05, 4.69) is 56.5 Å². The van der Waals surface area contributed by atoms with Crippen LogP contribution in [0.25, 0.3) is 11.1 Å². The summed E-state index contributed by atoms with van der Waals surface area (Å²) in [5.74, 6) is 2.69. The summed E-state index contributed by atoms with van der Waals surface area (Å²) in [4.78, 5) is 15.2. The minimum Gasteiger partial charge on any atom is -0.339 e. The number of nitrogens with one attached hydrogen (secondary N) is 1. The maximum absolute atomic E-state index is 13.2. The Hall–Kier alpha value is -2.70. The number of benzene rings is 2. The molecule has 1 saturated heterocycles. The van der Waals surface area contributed by atoms with Crippen LogP contribution in [0, 0.1) is 0 Å². The molecule has 1 N–H and O–H groups in total. The van der Waals surface area contributed by atoms with Crippen molar-refractivity contribution in [1.29, 1.82) is 0 Å². The number of halogens is 1. The van der Waals surface area contributed by atoms with E-state index in [1.165, 1.54) is 22.3 Å².